The molecule has 0 saturated heterocycles. The van der Waals surface area contributed by atoms with Crippen molar-refractivity contribution in [2.24, 2.45) is 0 Å². The maximum absolute atomic E-state index is 14.1. The Morgan fingerprint density at radius 1 is 0.952 bits per heavy atom. The molecular weight excluding hydrogens is 265 g/mol. The molecule has 0 aliphatic rings. The van der Waals surface area contributed by atoms with Gasteiger partial charge in [-0.05, 0) is 24.6 Å². The first-order chi connectivity index (χ1) is 10.3. The molecule has 21 heavy (non-hydrogen) atoms. The van der Waals surface area contributed by atoms with Crippen molar-refractivity contribution >= 4 is 10.8 Å². The fraction of sp³-hybridized carbons (Fsp3) is 0.111. The lowest BCUT2D eigenvalue weighted by molar-refractivity contribution is 0.439. The molecule has 3 aromatic rings. The zero-order chi connectivity index (χ0) is 14.7. The van der Waals surface area contributed by atoms with E-state index in [1.54, 1.807) is 6.07 Å². The van der Waals surface area contributed by atoms with E-state index in [0.717, 1.165) is 16.3 Å². The van der Waals surface area contributed by atoms with Gasteiger partial charge in [-0.1, -0.05) is 48.5 Å². The highest BCUT2D eigenvalue weighted by molar-refractivity contribution is 5.88. The van der Waals surface area contributed by atoms with E-state index >= 15 is 0 Å². The number of benzene rings is 3. The van der Waals surface area contributed by atoms with Crippen LogP contribution in [0.15, 0.2) is 60.7 Å². The van der Waals surface area contributed by atoms with Gasteiger partial charge in [0, 0.05) is 17.5 Å². The first-order valence-electron chi connectivity index (χ1n) is 6.87. The van der Waals surface area contributed by atoms with Crippen molar-refractivity contribution < 1.29 is 9.13 Å². The Balaban J connectivity index is 2.07. The molecule has 0 bridgehead atoms. The van der Waals surface area contributed by atoms with Gasteiger partial charge >= 0.3 is 0 Å². The van der Waals surface area contributed by atoms with Gasteiger partial charge < -0.3 is 10.1 Å². The Morgan fingerprint density at radius 3 is 2.57 bits per heavy atom. The van der Waals surface area contributed by atoms with E-state index in [1.165, 1.54) is 6.07 Å². The molecule has 2 nitrogen and oxygen atoms in total. The maximum Gasteiger partial charge on any atom is 0.167 e. The SMILES string of the molecule is CNCc1cccc(F)c1Oc1cccc2ccccc12. The summed E-state index contributed by atoms with van der Waals surface area (Å²) < 4.78 is 20.0. The summed E-state index contributed by atoms with van der Waals surface area (Å²) in [6.45, 7) is 0.553. The van der Waals surface area contributed by atoms with Gasteiger partial charge in [-0.25, -0.2) is 4.39 Å². The van der Waals surface area contributed by atoms with Crippen LogP contribution in [-0.2, 0) is 6.54 Å². The number of ether oxygens (including phenoxy) is 1. The number of hydrogen-bond donors (Lipinski definition) is 1. The summed E-state index contributed by atoms with van der Waals surface area (Å²) in [6.07, 6.45) is 0. The molecule has 0 spiro atoms. The molecule has 0 heterocycles. The van der Waals surface area contributed by atoms with Crippen molar-refractivity contribution in [2.75, 3.05) is 7.05 Å². The molecule has 0 aliphatic carbocycles. The third-order valence-electron chi connectivity index (χ3n) is 3.38. The summed E-state index contributed by atoms with van der Waals surface area (Å²) in [4.78, 5) is 0. The Kier molecular flexibility index (Phi) is 3.84. The Bertz CT molecular complexity index is 765. The Hall–Kier alpha value is -2.39. The van der Waals surface area contributed by atoms with Gasteiger partial charge in [-0.3, -0.25) is 0 Å². The lowest BCUT2D eigenvalue weighted by Gasteiger charge is -2.13. The van der Waals surface area contributed by atoms with E-state index in [0.29, 0.717) is 12.3 Å². The zero-order valence-electron chi connectivity index (χ0n) is 11.8. The van der Waals surface area contributed by atoms with Crippen LogP contribution in [-0.4, -0.2) is 7.05 Å². The minimum Gasteiger partial charge on any atom is -0.453 e. The van der Waals surface area contributed by atoms with Crippen LogP contribution >= 0.6 is 0 Å². The zero-order valence-corrected chi connectivity index (χ0v) is 11.8. The number of fused-ring (bicyclic) bond motifs is 1. The summed E-state index contributed by atoms with van der Waals surface area (Å²) in [7, 11) is 1.83. The van der Waals surface area contributed by atoms with Crippen LogP contribution in [0.2, 0.25) is 0 Å². The highest BCUT2D eigenvalue weighted by Crippen LogP contribution is 2.33. The molecule has 0 aliphatic heterocycles. The molecule has 0 radical (unpaired) electrons. The van der Waals surface area contributed by atoms with E-state index in [1.807, 2.05) is 55.6 Å². The topological polar surface area (TPSA) is 21.3 Å². The fourth-order valence-corrected chi connectivity index (χ4v) is 2.39. The molecule has 3 rings (SSSR count). The molecule has 0 fully saturated rings. The van der Waals surface area contributed by atoms with Crippen LogP contribution in [0.1, 0.15) is 5.56 Å². The van der Waals surface area contributed by atoms with E-state index in [2.05, 4.69) is 5.32 Å². The molecule has 0 amide bonds. The van der Waals surface area contributed by atoms with Crippen LogP contribution in [0.25, 0.3) is 10.8 Å². The largest absolute Gasteiger partial charge is 0.453 e. The third-order valence-corrected chi connectivity index (χ3v) is 3.38. The normalized spacial score (nSPS) is 10.8. The van der Waals surface area contributed by atoms with Crippen molar-refractivity contribution in [2.45, 2.75) is 6.54 Å². The van der Waals surface area contributed by atoms with Crippen LogP contribution in [0.4, 0.5) is 4.39 Å². The van der Waals surface area contributed by atoms with Crippen LogP contribution in [0, 0.1) is 5.82 Å². The van der Waals surface area contributed by atoms with Gasteiger partial charge in [0.15, 0.2) is 11.6 Å². The summed E-state index contributed by atoms with van der Waals surface area (Å²) in [6, 6.07) is 18.7. The predicted molar refractivity (Wildman–Crippen MR) is 83.2 cm³/mol. The van der Waals surface area contributed by atoms with Gasteiger partial charge in [0.2, 0.25) is 0 Å². The first kappa shape index (κ1) is 13.6. The summed E-state index contributed by atoms with van der Waals surface area (Å²) in [5, 5.41) is 5.07. The lowest BCUT2D eigenvalue weighted by Crippen LogP contribution is -2.07. The molecule has 1 N–H and O–H groups in total. The third kappa shape index (κ3) is 2.73. The average Bonchev–Trinajstić information content (AvgIpc) is 2.51. The number of hydrogen-bond acceptors (Lipinski definition) is 2. The molecule has 3 heteroatoms. The highest BCUT2D eigenvalue weighted by atomic mass is 19.1. The molecule has 3 aromatic carbocycles. The highest BCUT2D eigenvalue weighted by Gasteiger charge is 2.12. The second-order valence-corrected chi connectivity index (χ2v) is 4.84. The van der Waals surface area contributed by atoms with Crippen LogP contribution in [0.3, 0.4) is 0 Å². The number of rotatable bonds is 4. The quantitative estimate of drug-likeness (QED) is 0.760. The van der Waals surface area contributed by atoms with Gasteiger partial charge in [-0.2, -0.15) is 0 Å². The molecule has 106 valence electrons. The van der Waals surface area contributed by atoms with Gasteiger partial charge in [0.25, 0.3) is 0 Å². The summed E-state index contributed by atoms with van der Waals surface area (Å²) >= 11 is 0. The predicted octanol–water partition coefficient (Wildman–Crippen LogP) is 4.49. The summed E-state index contributed by atoms with van der Waals surface area (Å²) in [5.74, 6) is 0.592. The first-order valence-corrected chi connectivity index (χ1v) is 6.87. The second kappa shape index (κ2) is 5.94. The van der Waals surface area contributed by atoms with Crippen molar-refractivity contribution in [3.8, 4) is 11.5 Å². The van der Waals surface area contributed by atoms with Crippen molar-refractivity contribution in [3.05, 3.63) is 72.0 Å². The van der Waals surface area contributed by atoms with Crippen molar-refractivity contribution in [1.82, 2.24) is 5.32 Å². The van der Waals surface area contributed by atoms with Gasteiger partial charge in [0.05, 0.1) is 0 Å². The van der Waals surface area contributed by atoms with Crippen LogP contribution in [0.5, 0.6) is 11.5 Å². The van der Waals surface area contributed by atoms with Crippen LogP contribution < -0.4 is 10.1 Å². The molecule has 0 atom stereocenters. The smallest absolute Gasteiger partial charge is 0.167 e. The Morgan fingerprint density at radius 2 is 1.71 bits per heavy atom. The summed E-state index contributed by atoms with van der Waals surface area (Å²) in [5.41, 5.74) is 0.797. The number of halogens is 1. The van der Waals surface area contributed by atoms with Crippen molar-refractivity contribution in [3.63, 3.8) is 0 Å². The second-order valence-electron chi connectivity index (χ2n) is 4.84. The molecule has 0 saturated carbocycles. The molecular formula is C18H16FNO. The lowest BCUT2D eigenvalue weighted by atomic mass is 10.1. The average molecular weight is 281 g/mol. The molecule has 0 unspecified atom stereocenters. The Labute approximate surface area is 123 Å². The van der Waals surface area contributed by atoms with Gasteiger partial charge in [-0.15, -0.1) is 0 Å². The minimum absolute atomic E-state index is 0.281. The maximum atomic E-state index is 14.1. The number of nitrogens with one attached hydrogen (secondary N) is 1. The van der Waals surface area contributed by atoms with E-state index in [-0.39, 0.29) is 11.6 Å². The van der Waals surface area contributed by atoms with Crippen molar-refractivity contribution in [1.29, 1.82) is 0 Å². The van der Waals surface area contributed by atoms with Gasteiger partial charge in [0.1, 0.15) is 5.75 Å². The van der Waals surface area contributed by atoms with E-state index < -0.39 is 0 Å². The monoisotopic (exact) mass is 281 g/mol. The minimum atomic E-state index is -0.351. The van der Waals surface area contributed by atoms with E-state index in [4.69, 9.17) is 4.74 Å². The van der Waals surface area contributed by atoms with E-state index in [9.17, 15) is 4.39 Å². The molecule has 0 aromatic heterocycles. The fourth-order valence-electron chi connectivity index (χ4n) is 2.39. The standard InChI is InChI=1S/C18H16FNO/c1-20-12-14-8-4-10-16(19)18(14)21-17-11-5-7-13-6-2-3-9-15(13)17/h2-11,20H,12H2,1H3. The number of para-hydroxylation sites is 1.